The van der Waals surface area contributed by atoms with Crippen molar-refractivity contribution in [1.82, 2.24) is 14.8 Å². The number of halogens is 1. The number of rotatable bonds is 6. The molecule has 3 heterocycles. The summed E-state index contributed by atoms with van der Waals surface area (Å²) in [4.78, 5) is 17.1. The zero-order valence-electron chi connectivity index (χ0n) is 18.5. The van der Waals surface area contributed by atoms with Crippen molar-refractivity contribution in [2.75, 3.05) is 7.11 Å². The monoisotopic (exact) mass is 457 g/mol. The first kappa shape index (κ1) is 21.4. The van der Waals surface area contributed by atoms with E-state index in [1.165, 1.54) is 19.2 Å². The number of furan rings is 1. The summed E-state index contributed by atoms with van der Waals surface area (Å²) >= 11 is 0. The first-order valence-corrected chi connectivity index (χ1v) is 10.5. The lowest BCUT2D eigenvalue weighted by Gasteiger charge is -2.08. The number of aryl methyl sites for hydroxylation is 1. The average molecular weight is 457 g/mol. The molecule has 0 saturated heterocycles. The van der Waals surface area contributed by atoms with Crippen LogP contribution >= 0.6 is 0 Å². The SMILES string of the molecule is COC(=O)c1cc(-c2ccco2)nc2nn(Cc3ccc(Oc4ccc(F)cc4)cc3)c(C)c12. The van der Waals surface area contributed by atoms with Crippen LogP contribution in [0.15, 0.2) is 77.4 Å². The first-order valence-electron chi connectivity index (χ1n) is 10.5. The largest absolute Gasteiger partial charge is 0.465 e. The molecule has 0 spiro atoms. The van der Waals surface area contributed by atoms with Crippen molar-refractivity contribution in [2.24, 2.45) is 0 Å². The lowest BCUT2D eigenvalue weighted by molar-refractivity contribution is 0.0603. The highest BCUT2D eigenvalue weighted by atomic mass is 19.1. The summed E-state index contributed by atoms with van der Waals surface area (Å²) in [5.74, 6) is 0.944. The number of methoxy groups -OCH3 is 1. The van der Waals surface area contributed by atoms with Crippen molar-refractivity contribution in [3.63, 3.8) is 0 Å². The number of carbonyl (C=O) groups excluding carboxylic acids is 1. The van der Waals surface area contributed by atoms with E-state index in [4.69, 9.17) is 13.9 Å². The number of fused-ring (bicyclic) bond motifs is 1. The van der Waals surface area contributed by atoms with E-state index in [2.05, 4.69) is 10.1 Å². The van der Waals surface area contributed by atoms with Crippen LogP contribution in [0.5, 0.6) is 11.5 Å². The highest BCUT2D eigenvalue weighted by Crippen LogP contribution is 2.28. The van der Waals surface area contributed by atoms with Gasteiger partial charge in [-0.1, -0.05) is 12.1 Å². The van der Waals surface area contributed by atoms with E-state index in [0.29, 0.717) is 46.1 Å². The van der Waals surface area contributed by atoms with E-state index in [0.717, 1.165) is 11.3 Å². The number of carbonyl (C=O) groups is 1. The molecule has 0 amide bonds. The predicted molar refractivity (Wildman–Crippen MR) is 123 cm³/mol. The van der Waals surface area contributed by atoms with Crippen LogP contribution in [0.4, 0.5) is 4.39 Å². The Bertz CT molecular complexity index is 1460. The van der Waals surface area contributed by atoms with Crippen LogP contribution in [0.2, 0.25) is 0 Å². The van der Waals surface area contributed by atoms with E-state index < -0.39 is 5.97 Å². The van der Waals surface area contributed by atoms with Crippen molar-refractivity contribution < 1.29 is 23.1 Å². The standard InChI is InChI=1S/C26H20FN3O4/c1-16-24-21(26(31)32-2)14-22(23-4-3-13-33-23)28-25(24)29-30(16)15-17-5-9-19(10-6-17)34-20-11-7-18(27)8-12-20/h3-14H,15H2,1-2H3. The van der Waals surface area contributed by atoms with Gasteiger partial charge in [-0.25, -0.2) is 14.2 Å². The molecule has 0 unspecified atom stereocenters. The smallest absolute Gasteiger partial charge is 0.338 e. The number of hydrogen-bond donors (Lipinski definition) is 0. The van der Waals surface area contributed by atoms with Gasteiger partial charge in [0.1, 0.15) is 23.0 Å². The molecule has 0 aliphatic rings. The molecule has 0 fully saturated rings. The molecule has 0 aliphatic carbocycles. The minimum Gasteiger partial charge on any atom is -0.465 e. The van der Waals surface area contributed by atoms with E-state index in [1.54, 1.807) is 41.3 Å². The fourth-order valence-electron chi connectivity index (χ4n) is 3.73. The highest BCUT2D eigenvalue weighted by molar-refractivity contribution is 6.04. The number of benzene rings is 2. The zero-order chi connectivity index (χ0) is 23.7. The van der Waals surface area contributed by atoms with Crippen LogP contribution < -0.4 is 4.74 Å². The van der Waals surface area contributed by atoms with Crippen molar-refractivity contribution in [2.45, 2.75) is 13.5 Å². The molecule has 0 atom stereocenters. The van der Waals surface area contributed by atoms with Gasteiger partial charge in [0.15, 0.2) is 11.4 Å². The third-order valence-electron chi connectivity index (χ3n) is 5.45. The minimum absolute atomic E-state index is 0.314. The van der Waals surface area contributed by atoms with Crippen molar-refractivity contribution in [3.8, 4) is 23.0 Å². The molecule has 5 aromatic rings. The topological polar surface area (TPSA) is 79.4 Å². The quantitative estimate of drug-likeness (QED) is 0.301. The van der Waals surface area contributed by atoms with E-state index in [9.17, 15) is 9.18 Å². The second-order valence-electron chi connectivity index (χ2n) is 7.67. The lowest BCUT2D eigenvalue weighted by Crippen LogP contribution is -2.05. The molecule has 2 aromatic carbocycles. The first-order chi connectivity index (χ1) is 16.5. The Kier molecular flexibility index (Phi) is 5.55. The van der Waals surface area contributed by atoms with Crippen molar-refractivity contribution >= 4 is 17.0 Å². The predicted octanol–water partition coefficient (Wildman–Crippen LogP) is 5.77. The van der Waals surface area contributed by atoms with Crippen LogP contribution in [-0.4, -0.2) is 27.8 Å². The molecule has 7 nitrogen and oxygen atoms in total. The average Bonchev–Trinajstić information content (AvgIpc) is 3.49. The molecule has 5 rings (SSSR count). The fourth-order valence-corrected chi connectivity index (χ4v) is 3.73. The number of nitrogens with zero attached hydrogens (tertiary/aromatic N) is 3. The molecule has 34 heavy (non-hydrogen) atoms. The molecule has 0 N–H and O–H groups in total. The number of pyridine rings is 1. The number of hydrogen-bond acceptors (Lipinski definition) is 6. The summed E-state index contributed by atoms with van der Waals surface area (Å²) in [5.41, 5.74) is 3.09. The Hall–Kier alpha value is -4.46. The minimum atomic E-state index is -0.467. The van der Waals surface area contributed by atoms with Crippen molar-refractivity contribution in [1.29, 1.82) is 0 Å². The molecular weight excluding hydrogens is 437 g/mol. The van der Waals surface area contributed by atoms with E-state index in [1.807, 2.05) is 31.2 Å². The van der Waals surface area contributed by atoms with Gasteiger partial charge < -0.3 is 13.9 Å². The van der Waals surface area contributed by atoms with Gasteiger partial charge in [0.05, 0.1) is 30.9 Å². The van der Waals surface area contributed by atoms with Crippen LogP contribution in [-0.2, 0) is 11.3 Å². The molecule has 0 radical (unpaired) electrons. The second-order valence-corrected chi connectivity index (χ2v) is 7.67. The number of aromatic nitrogens is 3. The fraction of sp³-hybridized carbons (Fsp3) is 0.115. The molecule has 0 aliphatic heterocycles. The molecule has 0 saturated carbocycles. The molecule has 0 bridgehead atoms. The second kappa shape index (κ2) is 8.82. The maximum Gasteiger partial charge on any atom is 0.338 e. The van der Waals surface area contributed by atoms with Gasteiger partial charge in [-0.3, -0.25) is 4.68 Å². The summed E-state index contributed by atoms with van der Waals surface area (Å²) in [7, 11) is 1.34. The Morgan fingerprint density at radius 2 is 1.76 bits per heavy atom. The highest BCUT2D eigenvalue weighted by Gasteiger charge is 2.21. The normalized spacial score (nSPS) is 11.0. The summed E-state index contributed by atoms with van der Waals surface area (Å²) in [6, 6.07) is 18.6. The maximum absolute atomic E-state index is 13.1. The van der Waals surface area contributed by atoms with Crippen LogP contribution in [0.3, 0.4) is 0 Å². The number of esters is 1. The Labute approximate surface area is 194 Å². The van der Waals surface area contributed by atoms with Gasteiger partial charge in [-0.2, -0.15) is 5.10 Å². The third kappa shape index (κ3) is 4.13. The Balaban J connectivity index is 1.45. The summed E-state index contributed by atoms with van der Waals surface area (Å²) in [5, 5.41) is 5.28. The summed E-state index contributed by atoms with van der Waals surface area (Å²) < 4.78 is 31.1. The van der Waals surface area contributed by atoms with Gasteiger partial charge in [0.25, 0.3) is 0 Å². The van der Waals surface area contributed by atoms with Gasteiger partial charge in [-0.05, 0) is 67.1 Å². The summed E-state index contributed by atoms with van der Waals surface area (Å²) in [6.45, 7) is 2.36. The Morgan fingerprint density at radius 3 is 2.41 bits per heavy atom. The van der Waals surface area contributed by atoms with Gasteiger partial charge in [0, 0.05) is 5.69 Å². The van der Waals surface area contributed by atoms with E-state index >= 15 is 0 Å². The van der Waals surface area contributed by atoms with Crippen molar-refractivity contribution in [3.05, 3.63) is 95.6 Å². The van der Waals surface area contributed by atoms with E-state index in [-0.39, 0.29) is 5.82 Å². The zero-order valence-corrected chi connectivity index (χ0v) is 18.5. The van der Waals surface area contributed by atoms with Crippen LogP contribution in [0.25, 0.3) is 22.5 Å². The van der Waals surface area contributed by atoms with Crippen LogP contribution in [0, 0.1) is 12.7 Å². The van der Waals surface area contributed by atoms with Gasteiger partial charge >= 0.3 is 5.97 Å². The Morgan fingerprint density at radius 1 is 1.06 bits per heavy atom. The maximum atomic E-state index is 13.1. The third-order valence-corrected chi connectivity index (χ3v) is 5.45. The van der Waals surface area contributed by atoms with Crippen LogP contribution in [0.1, 0.15) is 21.6 Å². The molecule has 8 heteroatoms. The molecular formula is C26H20FN3O4. The van der Waals surface area contributed by atoms with Gasteiger partial charge in [-0.15, -0.1) is 0 Å². The molecule has 170 valence electrons. The lowest BCUT2D eigenvalue weighted by atomic mass is 10.1. The summed E-state index contributed by atoms with van der Waals surface area (Å²) in [6.07, 6.45) is 1.55. The number of ether oxygens (including phenoxy) is 2. The van der Waals surface area contributed by atoms with Gasteiger partial charge in [0.2, 0.25) is 0 Å². The molecule has 3 aromatic heterocycles.